The lowest BCUT2D eigenvalue weighted by Crippen LogP contribution is -2.26. The number of benzene rings is 1. The predicted molar refractivity (Wildman–Crippen MR) is 78.4 cm³/mol. The van der Waals surface area contributed by atoms with E-state index in [2.05, 4.69) is 14.9 Å². The Morgan fingerprint density at radius 1 is 1.35 bits per heavy atom. The lowest BCUT2D eigenvalue weighted by molar-refractivity contribution is 0.582. The molecular formula is C11H12Cl2N4O2S. The average molecular weight is 335 g/mol. The lowest BCUT2D eigenvalue weighted by atomic mass is 10.1. The van der Waals surface area contributed by atoms with E-state index in [1.54, 1.807) is 18.2 Å². The van der Waals surface area contributed by atoms with Crippen molar-refractivity contribution in [1.29, 1.82) is 0 Å². The van der Waals surface area contributed by atoms with Crippen molar-refractivity contribution in [3.8, 4) is 0 Å². The van der Waals surface area contributed by atoms with E-state index in [-0.39, 0.29) is 17.3 Å². The fourth-order valence-corrected chi connectivity index (χ4v) is 3.18. The topological polar surface area (TPSA) is 101 Å². The van der Waals surface area contributed by atoms with E-state index in [1.807, 2.05) is 0 Å². The first-order valence-electron chi connectivity index (χ1n) is 5.62. The van der Waals surface area contributed by atoms with Crippen molar-refractivity contribution < 1.29 is 8.42 Å². The maximum atomic E-state index is 11.9. The molecule has 0 fully saturated rings. The molecule has 0 aliphatic heterocycles. The van der Waals surface area contributed by atoms with Crippen molar-refractivity contribution in [1.82, 2.24) is 14.9 Å². The predicted octanol–water partition coefficient (Wildman–Crippen LogP) is 1.82. The third-order valence-electron chi connectivity index (χ3n) is 2.62. The number of aromatic amines is 1. The number of hydrogen-bond donors (Lipinski definition) is 3. The summed E-state index contributed by atoms with van der Waals surface area (Å²) in [5.74, 6) is 0.00188. The monoisotopic (exact) mass is 334 g/mol. The summed E-state index contributed by atoms with van der Waals surface area (Å²) in [7, 11) is -3.68. The molecule has 0 bridgehead atoms. The van der Waals surface area contributed by atoms with Gasteiger partial charge in [0, 0.05) is 16.6 Å². The lowest BCUT2D eigenvalue weighted by Gasteiger charge is -2.07. The zero-order valence-corrected chi connectivity index (χ0v) is 12.6. The molecule has 0 spiro atoms. The number of rotatable bonds is 5. The first-order valence-corrected chi connectivity index (χ1v) is 7.86. The number of aromatic nitrogens is 2. The van der Waals surface area contributed by atoms with E-state index in [1.165, 1.54) is 0 Å². The maximum absolute atomic E-state index is 11.9. The van der Waals surface area contributed by atoms with Gasteiger partial charge in [0.1, 0.15) is 10.7 Å². The molecule has 0 saturated heterocycles. The minimum atomic E-state index is -3.68. The minimum Gasteiger partial charge on any atom is -0.383 e. The van der Waals surface area contributed by atoms with Gasteiger partial charge in [0.05, 0.1) is 6.20 Å². The van der Waals surface area contributed by atoms with E-state index in [0.717, 1.165) is 11.8 Å². The van der Waals surface area contributed by atoms with Gasteiger partial charge in [0.25, 0.3) is 0 Å². The molecular weight excluding hydrogens is 323 g/mol. The highest BCUT2D eigenvalue weighted by atomic mass is 35.5. The summed E-state index contributed by atoms with van der Waals surface area (Å²) < 4.78 is 26.3. The first-order chi connectivity index (χ1) is 9.40. The summed E-state index contributed by atoms with van der Waals surface area (Å²) in [4.78, 5) is -0.0697. The second-order valence-electron chi connectivity index (χ2n) is 4.03. The number of nitrogens with zero attached hydrogens (tertiary/aromatic N) is 1. The Labute approximate surface area is 126 Å². The van der Waals surface area contributed by atoms with Crippen LogP contribution in [0.3, 0.4) is 0 Å². The number of hydrogen-bond acceptors (Lipinski definition) is 4. The summed E-state index contributed by atoms with van der Waals surface area (Å²) in [5, 5.41) is 6.98. The molecule has 0 aliphatic rings. The highest BCUT2D eigenvalue weighted by Gasteiger charge is 2.18. The second kappa shape index (κ2) is 6.01. The van der Waals surface area contributed by atoms with Gasteiger partial charge in [-0.25, -0.2) is 13.1 Å². The summed E-state index contributed by atoms with van der Waals surface area (Å²) >= 11 is 11.8. The molecule has 1 aromatic carbocycles. The third-order valence-corrected chi connectivity index (χ3v) is 4.70. The van der Waals surface area contributed by atoms with Gasteiger partial charge >= 0.3 is 0 Å². The van der Waals surface area contributed by atoms with Gasteiger partial charge in [0.15, 0.2) is 0 Å². The number of nitrogens with two attached hydrogens (primary N) is 1. The van der Waals surface area contributed by atoms with E-state index in [4.69, 9.17) is 28.9 Å². The van der Waals surface area contributed by atoms with Crippen LogP contribution in [-0.4, -0.2) is 25.2 Å². The van der Waals surface area contributed by atoms with Crippen molar-refractivity contribution in [3.05, 3.63) is 40.0 Å². The van der Waals surface area contributed by atoms with Gasteiger partial charge in [-0.3, -0.25) is 5.10 Å². The number of nitrogen functional groups attached to an aromatic ring is 1. The van der Waals surface area contributed by atoms with E-state index >= 15 is 0 Å². The number of anilines is 1. The maximum Gasteiger partial charge on any atom is 0.245 e. The van der Waals surface area contributed by atoms with Crippen molar-refractivity contribution in [2.75, 3.05) is 12.3 Å². The standard InChI is InChI=1S/C11H12Cl2N4O2S/c12-8-2-1-7(9(13)5-8)3-4-16-20(18,19)10-6-15-17-11(10)14/h1-2,5-6,16H,3-4H2,(H3,14,15,17). The molecule has 6 nitrogen and oxygen atoms in total. The molecule has 0 amide bonds. The molecule has 0 unspecified atom stereocenters. The number of sulfonamides is 1. The molecule has 2 aromatic rings. The second-order valence-corrected chi connectivity index (χ2v) is 6.61. The molecule has 0 aliphatic carbocycles. The Bertz CT molecular complexity index is 715. The highest BCUT2D eigenvalue weighted by Crippen LogP contribution is 2.21. The Morgan fingerprint density at radius 3 is 2.70 bits per heavy atom. The van der Waals surface area contributed by atoms with Crippen LogP contribution in [0.1, 0.15) is 5.56 Å². The summed E-state index contributed by atoms with van der Waals surface area (Å²) in [6, 6.07) is 5.07. The molecule has 1 heterocycles. The first kappa shape index (κ1) is 15.1. The fourth-order valence-electron chi connectivity index (χ4n) is 1.62. The van der Waals surface area contributed by atoms with E-state index in [0.29, 0.717) is 16.5 Å². The van der Waals surface area contributed by atoms with Gasteiger partial charge in [-0.2, -0.15) is 5.10 Å². The summed E-state index contributed by atoms with van der Waals surface area (Å²) in [5.41, 5.74) is 6.28. The van der Waals surface area contributed by atoms with E-state index in [9.17, 15) is 8.42 Å². The van der Waals surface area contributed by atoms with Crippen molar-refractivity contribution in [2.45, 2.75) is 11.3 Å². The Kier molecular flexibility index (Phi) is 4.54. The summed E-state index contributed by atoms with van der Waals surface area (Å²) in [6.45, 7) is 0.189. The zero-order valence-electron chi connectivity index (χ0n) is 10.2. The van der Waals surface area contributed by atoms with Gasteiger partial charge in [-0.1, -0.05) is 29.3 Å². The Balaban J connectivity index is 2.01. The van der Waals surface area contributed by atoms with E-state index < -0.39 is 10.0 Å². The molecule has 0 saturated carbocycles. The van der Waals surface area contributed by atoms with Crippen LogP contribution in [0.5, 0.6) is 0 Å². The highest BCUT2D eigenvalue weighted by molar-refractivity contribution is 7.89. The molecule has 0 atom stereocenters. The molecule has 4 N–H and O–H groups in total. The largest absolute Gasteiger partial charge is 0.383 e. The van der Waals surface area contributed by atoms with Crippen LogP contribution in [0.4, 0.5) is 5.82 Å². The van der Waals surface area contributed by atoms with Crippen LogP contribution in [0.25, 0.3) is 0 Å². The number of H-pyrrole nitrogens is 1. The van der Waals surface area contributed by atoms with Crippen molar-refractivity contribution in [2.24, 2.45) is 0 Å². The van der Waals surface area contributed by atoms with Gasteiger partial charge in [-0.15, -0.1) is 0 Å². The van der Waals surface area contributed by atoms with Crippen LogP contribution in [0.15, 0.2) is 29.3 Å². The van der Waals surface area contributed by atoms with Crippen molar-refractivity contribution in [3.63, 3.8) is 0 Å². The number of nitrogens with one attached hydrogen (secondary N) is 2. The fraction of sp³-hybridized carbons (Fsp3) is 0.182. The summed E-state index contributed by atoms with van der Waals surface area (Å²) in [6.07, 6.45) is 1.60. The normalized spacial score (nSPS) is 11.7. The molecule has 9 heteroatoms. The number of halogens is 2. The quantitative estimate of drug-likeness (QED) is 0.776. The third kappa shape index (κ3) is 3.43. The Hall–Kier alpha value is -1.28. The molecule has 1 aromatic heterocycles. The van der Waals surface area contributed by atoms with Crippen molar-refractivity contribution >= 4 is 39.0 Å². The molecule has 108 valence electrons. The van der Waals surface area contributed by atoms with Crippen LogP contribution in [-0.2, 0) is 16.4 Å². The van der Waals surface area contributed by atoms with Gasteiger partial charge in [0.2, 0.25) is 10.0 Å². The zero-order chi connectivity index (χ0) is 14.8. The van der Waals surface area contributed by atoms with Crippen LogP contribution in [0, 0.1) is 0 Å². The van der Waals surface area contributed by atoms with Gasteiger partial charge < -0.3 is 5.73 Å². The van der Waals surface area contributed by atoms with Gasteiger partial charge in [-0.05, 0) is 24.1 Å². The average Bonchev–Trinajstić information content (AvgIpc) is 2.79. The molecule has 2 rings (SSSR count). The van der Waals surface area contributed by atoms with Crippen LogP contribution in [0.2, 0.25) is 10.0 Å². The Morgan fingerprint density at radius 2 is 2.10 bits per heavy atom. The smallest absolute Gasteiger partial charge is 0.245 e. The van der Waals surface area contributed by atoms with Crippen LogP contribution >= 0.6 is 23.2 Å². The minimum absolute atomic E-state index is 0.00188. The van der Waals surface area contributed by atoms with Crippen LogP contribution < -0.4 is 10.5 Å². The molecule has 0 radical (unpaired) electrons. The molecule has 20 heavy (non-hydrogen) atoms. The SMILES string of the molecule is Nc1[nH]ncc1S(=O)(=O)NCCc1ccc(Cl)cc1Cl.